The van der Waals surface area contributed by atoms with Crippen LogP contribution in [-0.2, 0) is 4.74 Å². The van der Waals surface area contributed by atoms with E-state index in [0.717, 1.165) is 0 Å². The highest BCUT2D eigenvalue weighted by Gasteiger charge is 2.53. The lowest BCUT2D eigenvalue weighted by Gasteiger charge is -2.55. The molecule has 1 N–H and O–H groups in total. The van der Waals surface area contributed by atoms with Crippen molar-refractivity contribution in [2.45, 2.75) is 26.9 Å². The van der Waals surface area contributed by atoms with Gasteiger partial charge in [0.2, 0.25) is 0 Å². The largest absolute Gasteiger partial charge is 0.396 e. The molecule has 1 aromatic carbocycles. The monoisotopic (exact) mass is 272 g/mol. The molecule has 1 aliphatic heterocycles. The Labute approximate surface area is 121 Å². The molecule has 108 valence electrons. The first kappa shape index (κ1) is 13.8. The summed E-state index contributed by atoms with van der Waals surface area (Å²) in [5, 5.41) is 9.97. The van der Waals surface area contributed by atoms with Crippen LogP contribution in [0.25, 0.3) is 0 Å². The summed E-state index contributed by atoms with van der Waals surface area (Å²) in [6.45, 7) is 7.55. The van der Waals surface area contributed by atoms with Crippen LogP contribution >= 0.6 is 0 Å². The van der Waals surface area contributed by atoms with E-state index in [9.17, 15) is 5.11 Å². The first-order valence-electron chi connectivity index (χ1n) is 7.56. The van der Waals surface area contributed by atoms with Gasteiger partial charge in [0, 0.05) is 11.3 Å². The summed E-state index contributed by atoms with van der Waals surface area (Å²) < 4.78 is 6.24. The number of benzene rings is 1. The van der Waals surface area contributed by atoms with E-state index in [1.54, 1.807) is 0 Å². The highest BCUT2D eigenvalue weighted by Crippen LogP contribution is 2.55. The van der Waals surface area contributed by atoms with Crippen molar-refractivity contribution >= 4 is 0 Å². The third-order valence-corrected chi connectivity index (χ3v) is 5.67. The van der Waals surface area contributed by atoms with Gasteiger partial charge in [0.1, 0.15) is 0 Å². The van der Waals surface area contributed by atoms with Crippen LogP contribution in [0.1, 0.15) is 32.4 Å². The Hall–Kier alpha value is -1.12. The minimum Gasteiger partial charge on any atom is -0.396 e. The standard InChI is InChI=1S/C18H24O2/c1-12-9-13(2)18(10-19)11-20-17(16(12)14(18)3)15-7-5-4-6-8-15/h4-9,13-14,16-17,19H,10-11H2,1-3H3/t13-,14+,16+,17-,18-/m1/s1. The van der Waals surface area contributed by atoms with Crippen LogP contribution in [0.2, 0.25) is 0 Å². The Morgan fingerprint density at radius 1 is 1.25 bits per heavy atom. The molecule has 1 fully saturated rings. The summed E-state index contributed by atoms with van der Waals surface area (Å²) in [7, 11) is 0. The van der Waals surface area contributed by atoms with Crippen molar-refractivity contribution < 1.29 is 9.84 Å². The van der Waals surface area contributed by atoms with Crippen LogP contribution in [0.15, 0.2) is 42.0 Å². The molecule has 20 heavy (non-hydrogen) atoms. The normalized spacial score (nSPS) is 40.3. The Morgan fingerprint density at radius 2 is 1.95 bits per heavy atom. The lowest BCUT2D eigenvalue weighted by molar-refractivity contribution is -0.165. The Balaban J connectivity index is 2.02. The van der Waals surface area contributed by atoms with Gasteiger partial charge in [0.05, 0.1) is 19.3 Å². The number of hydrogen-bond donors (Lipinski definition) is 1. The first-order valence-corrected chi connectivity index (χ1v) is 7.56. The summed E-state index contributed by atoms with van der Waals surface area (Å²) in [4.78, 5) is 0. The first-order chi connectivity index (χ1) is 9.60. The van der Waals surface area contributed by atoms with Crippen LogP contribution in [0.4, 0.5) is 0 Å². The van der Waals surface area contributed by atoms with Gasteiger partial charge in [0.25, 0.3) is 0 Å². The minimum atomic E-state index is -0.116. The topological polar surface area (TPSA) is 29.5 Å². The maximum absolute atomic E-state index is 9.97. The number of allylic oxidation sites excluding steroid dienone is 1. The molecule has 0 spiro atoms. The predicted molar refractivity (Wildman–Crippen MR) is 80.2 cm³/mol. The second kappa shape index (κ2) is 5.01. The molecular formula is C18H24O2. The molecule has 1 heterocycles. The summed E-state index contributed by atoms with van der Waals surface area (Å²) >= 11 is 0. The third kappa shape index (κ3) is 1.86. The van der Waals surface area contributed by atoms with Crippen molar-refractivity contribution in [1.29, 1.82) is 0 Å². The van der Waals surface area contributed by atoms with Crippen molar-refractivity contribution in [3.8, 4) is 0 Å². The molecular weight excluding hydrogens is 248 g/mol. The van der Waals surface area contributed by atoms with Crippen molar-refractivity contribution in [2.75, 3.05) is 13.2 Å². The molecule has 0 unspecified atom stereocenters. The van der Waals surface area contributed by atoms with Crippen molar-refractivity contribution in [2.24, 2.45) is 23.2 Å². The van der Waals surface area contributed by atoms with E-state index in [1.165, 1.54) is 11.1 Å². The second-order valence-electron chi connectivity index (χ2n) is 6.55. The summed E-state index contributed by atoms with van der Waals surface area (Å²) in [5.74, 6) is 1.18. The molecule has 0 radical (unpaired) electrons. The maximum atomic E-state index is 9.97. The molecule has 1 aliphatic carbocycles. The predicted octanol–water partition coefficient (Wildman–Crippen LogP) is 3.58. The highest BCUT2D eigenvalue weighted by atomic mass is 16.5. The molecule has 2 heteroatoms. The van der Waals surface area contributed by atoms with Gasteiger partial charge in [-0.1, -0.05) is 55.8 Å². The van der Waals surface area contributed by atoms with E-state index >= 15 is 0 Å². The lowest BCUT2D eigenvalue weighted by atomic mass is 9.56. The zero-order valence-corrected chi connectivity index (χ0v) is 12.5. The van der Waals surface area contributed by atoms with Gasteiger partial charge in [0.15, 0.2) is 0 Å². The van der Waals surface area contributed by atoms with Crippen LogP contribution < -0.4 is 0 Å². The van der Waals surface area contributed by atoms with Crippen molar-refractivity contribution in [3.63, 3.8) is 0 Å². The van der Waals surface area contributed by atoms with Crippen LogP contribution in [0.5, 0.6) is 0 Å². The Bertz CT molecular complexity index is 507. The highest BCUT2D eigenvalue weighted by molar-refractivity contribution is 5.27. The zero-order valence-electron chi connectivity index (χ0n) is 12.5. The molecule has 0 aromatic heterocycles. The van der Waals surface area contributed by atoms with Crippen molar-refractivity contribution in [3.05, 3.63) is 47.5 Å². The summed E-state index contributed by atoms with van der Waals surface area (Å²) in [6, 6.07) is 10.5. The molecule has 2 aliphatic rings. The third-order valence-electron chi connectivity index (χ3n) is 5.67. The summed E-state index contributed by atoms with van der Waals surface area (Å²) in [5.41, 5.74) is 2.54. The molecule has 2 nitrogen and oxygen atoms in total. The van der Waals surface area contributed by atoms with E-state index < -0.39 is 0 Å². The van der Waals surface area contributed by atoms with Gasteiger partial charge in [-0.15, -0.1) is 0 Å². The molecule has 1 aromatic rings. The average molecular weight is 272 g/mol. The Morgan fingerprint density at radius 3 is 2.60 bits per heavy atom. The van der Waals surface area contributed by atoms with E-state index in [4.69, 9.17) is 4.74 Å². The zero-order chi connectivity index (χ0) is 14.3. The van der Waals surface area contributed by atoms with E-state index in [-0.39, 0.29) is 18.1 Å². The fourth-order valence-electron chi connectivity index (χ4n) is 4.23. The maximum Gasteiger partial charge on any atom is 0.0893 e. The van der Waals surface area contributed by atoms with Gasteiger partial charge in [-0.05, 0) is 24.3 Å². The minimum absolute atomic E-state index is 0.116. The van der Waals surface area contributed by atoms with Crippen LogP contribution in [-0.4, -0.2) is 18.3 Å². The lowest BCUT2D eigenvalue weighted by Crippen LogP contribution is -2.53. The van der Waals surface area contributed by atoms with Crippen LogP contribution in [0.3, 0.4) is 0 Å². The van der Waals surface area contributed by atoms with Gasteiger partial charge < -0.3 is 9.84 Å². The van der Waals surface area contributed by atoms with E-state index in [0.29, 0.717) is 24.4 Å². The van der Waals surface area contributed by atoms with Crippen LogP contribution in [0, 0.1) is 23.2 Å². The fourth-order valence-corrected chi connectivity index (χ4v) is 4.23. The SMILES string of the molecule is CC1=C[C@@H](C)[C@@]2(CO)CO[C@H](c3ccccc3)[C@@H]1[C@@H]2C. The number of fused-ring (bicyclic) bond motifs is 2. The van der Waals surface area contributed by atoms with E-state index in [1.807, 2.05) is 6.07 Å². The van der Waals surface area contributed by atoms with Crippen molar-refractivity contribution in [1.82, 2.24) is 0 Å². The van der Waals surface area contributed by atoms with Gasteiger partial charge in [-0.25, -0.2) is 0 Å². The van der Waals surface area contributed by atoms with Gasteiger partial charge >= 0.3 is 0 Å². The molecule has 2 bridgehead atoms. The molecule has 0 amide bonds. The van der Waals surface area contributed by atoms with Gasteiger partial charge in [-0.2, -0.15) is 0 Å². The fraction of sp³-hybridized carbons (Fsp3) is 0.556. The second-order valence-corrected chi connectivity index (χ2v) is 6.55. The quantitative estimate of drug-likeness (QED) is 0.834. The number of aliphatic hydroxyl groups excluding tert-OH is 1. The smallest absolute Gasteiger partial charge is 0.0893 e. The van der Waals surface area contributed by atoms with Gasteiger partial charge in [-0.3, -0.25) is 0 Å². The molecule has 1 saturated heterocycles. The summed E-state index contributed by atoms with van der Waals surface area (Å²) in [6.07, 6.45) is 2.47. The number of ether oxygens (including phenoxy) is 1. The molecule has 3 rings (SSSR count). The van der Waals surface area contributed by atoms with E-state index in [2.05, 4.69) is 51.1 Å². The number of rotatable bonds is 2. The number of aliphatic hydroxyl groups is 1. The molecule has 5 atom stereocenters. The molecule has 0 saturated carbocycles. The average Bonchev–Trinajstić information content (AvgIpc) is 2.46. The Kier molecular flexibility index (Phi) is 3.47. The number of hydrogen-bond acceptors (Lipinski definition) is 2.